The molecule has 1 amide bonds. The first-order valence-corrected chi connectivity index (χ1v) is 9.60. The lowest BCUT2D eigenvalue weighted by atomic mass is 9.74. The van der Waals surface area contributed by atoms with Crippen molar-refractivity contribution in [1.29, 1.82) is 0 Å². The van der Waals surface area contributed by atoms with Gasteiger partial charge in [0.15, 0.2) is 0 Å². The summed E-state index contributed by atoms with van der Waals surface area (Å²) in [7, 11) is 3.25. The molecule has 27 heavy (non-hydrogen) atoms. The number of ether oxygens (including phenoxy) is 3. The largest absolute Gasteiger partial charge is 0.510 e. The quantitative estimate of drug-likeness (QED) is 0.765. The van der Waals surface area contributed by atoms with E-state index in [1.807, 2.05) is 24.3 Å². The molecule has 1 aromatic rings. The van der Waals surface area contributed by atoms with Gasteiger partial charge >= 0.3 is 0 Å². The van der Waals surface area contributed by atoms with Crippen molar-refractivity contribution in [2.45, 2.75) is 38.5 Å². The van der Waals surface area contributed by atoms with Crippen LogP contribution in [-0.2, 0) is 9.53 Å². The lowest BCUT2D eigenvalue weighted by molar-refractivity contribution is -0.159. The first-order valence-electron chi connectivity index (χ1n) is 9.60. The Morgan fingerprint density at radius 3 is 2.52 bits per heavy atom. The lowest BCUT2D eigenvalue weighted by Gasteiger charge is -2.42. The van der Waals surface area contributed by atoms with Gasteiger partial charge in [-0.15, -0.1) is 0 Å². The Morgan fingerprint density at radius 1 is 1.22 bits per heavy atom. The van der Waals surface area contributed by atoms with Gasteiger partial charge in [0.1, 0.15) is 36.4 Å². The van der Waals surface area contributed by atoms with Crippen molar-refractivity contribution < 1.29 is 24.1 Å². The van der Waals surface area contributed by atoms with E-state index in [-0.39, 0.29) is 25.0 Å². The van der Waals surface area contributed by atoms with E-state index in [9.17, 15) is 9.90 Å². The third-order valence-corrected chi connectivity index (χ3v) is 5.67. The molecule has 1 N–H and O–H groups in total. The van der Waals surface area contributed by atoms with E-state index < -0.39 is 5.41 Å². The second kappa shape index (κ2) is 8.55. The van der Waals surface area contributed by atoms with Crippen molar-refractivity contribution in [3.05, 3.63) is 36.4 Å². The molecule has 0 aromatic heterocycles. The summed E-state index contributed by atoms with van der Waals surface area (Å²) in [5.74, 6) is 2.07. The molecule has 1 heterocycles. The van der Waals surface area contributed by atoms with Crippen LogP contribution in [0.25, 0.3) is 0 Å². The molecule has 6 nitrogen and oxygen atoms in total. The second-order valence-corrected chi connectivity index (χ2v) is 7.57. The molecule has 2 aliphatic rings. The van der Waals surface area contributed by atoms with Crippen molar-refractivity contribution in [2.24, 2.45) is 11.3 Å². The van der Waals surface area contributed by atoms with Crippen LogP contribution in [0, 0.1) is 11.3 Å². The molecule has 1 aromatic carbocycles. The van der Waals surface area contributed by atoms with Gasteiger partial charge in [0.25, 0.3) is 0 Å². The fourth-order valence-corrected chi connectivity index (χ4v) is 4.10. The molecule has 0 spiro atoms. The molecule has 0 radical (unpaired) electrons. The molecule has 0 bridgehead atoms. The number of hydrogen-bond donors (Lipinski definition) is 1. The average molecular weight is 375 g/mol. The van der Waals surface area contributed by atoms with Gasteiger partial charge < -0.3 is 19.3 Å². The third kappa shape index (κ3) is 4.31. The number of methoxy groups -OCH3 is 1. The summed E-state index contributed by atoms with van der Waals surface area (Å²) < 4.78 is 16.9. The monoisotopic (exact) mass is 375 g/mol. The van der Waals surface area contributed by atoms with Crippen LogP contribution in [0.3, 0.4) is 0 Å². The van der Waals surface area contributed by atoms with Gasteiger partial charge in [-0.2, -0.15) is 0 Å². The number of aliphatic hydroxyl groups is 1. The Labute approximate surface area is 160 Å². The van der Waals surface area contributed by atoms with E-state index in [2.05, 4.69) is 0 Å². The summed E-state index contributed by atoms with van der Waals surface area (Å²) in [5.41, 5.74) is -0.747. The molecule has 148 valence electrons. The fourth-order valence-electron chi connectivity index (χ4n) is 4.10. The molecular weight excluding hydrogens is 346 g/mol. The second-order valence-electron chi connectivity index (χ2n) is 7.57. The SMILES string of the molecule is COc1ccc(OCC2(CC3CCCCC3)CO/C(=C\O)N(C)C2=O)cc1. The molecule has 1 saturated heterocycles. The van der Waals surface area contributed by atoms with Gasteiger partial charge in [-0.25, -0.2) is 0 Å². The van der Waals surface area contributed by atoms with Crippen molar-refractivity contribution in [1.82, 2.24) is 4.90 Å². The first-order chi connectivity index (χ1) is 13.1. The number of benzene rings is 1. The van der Waals surface area contributed by atoms with Crippen LogP contribution in [0.4, 0.5) is 0 Å². The van der Waals surface area contributed by atoms with Gasteiger partial charge in [-0.3, -0.25) is 9.69 Å². The number of hydrogen-bond acceptors (Lipinski definition) is 5. The Morgan fingerprint density at radius 2 is 1.89 bits per heavy atom. The van der Waals surface area contributed by atoms with Crippen LogP contribution in [0.2, 0.25) is 0 Å². The van der Waals surface area contributed by atoms with Crippen molar-refractivity contribution in [3.8, 4) is 11.5 Å². The van der Waals surface area contributed by atoms with E-state index in [1.54, 1.807) is 14.2 Å². The number of carbonyl (C=O) groups excluding carboxylic acids is 1. The van der Waals surface area contributed by atoms with E-state index in [1.165, 1.54) is 24.2 Å². The molecule has 1 aliphatic heterocycles. The lowest BCUT2D eigenvalue weighted by Crippen LogP contribution is -2.53. The van der Waals surface area contributed by atoms with E-state index in [0.29, 0.717) is 11.7 Å². The van der Waals surface area contributed by atoms with Crippen LogP contribution < -0.4 is 9.47 Å². The van der Waals surface area contributed by atoms with Gasteiger partial charge in [0.2, 0.25) is 11.8 Å². The predicted molar refractivity (Wildman–Crippen MR) is 102 cm³/mol. The molecule has 3 rings (SSSR count). The van der Waals surface area contributed by atoms with Crippen molar-refractivity contribution >= 4 is 5.91 Å². The zero-order chi connectivity index (χ0) is 19.3. The van der Waals surface area contributed by atoms with E-state index >= 15 is 0 Å². The minimum absolute atomic E-state index is 0.0619. The van der Waals surface area contributed by atoms with Crippen LogP contribution in [0.1, 0.15) is 38.5 Å². The number of nitrogens with zero attached hydrogens (tertiary/aromatic N) is 1. The Balaban J connectivity index is 1.77. The maximum absolute atomic E-state index is 13.2. The summed E-state index contributed by atoms with van der Waals surface area (Å²) in [6, 6.07) is 7.34. The highest BCUT2D eigenvalue weighted by Crippen LogP contribution is 2.40. The normalized spacial score (nSPS) is 25.3. The van der Waals surface area contributed by atoms with Gasteiger partial charge in [-0.05, 0) is 36.6 Å². The predicted octanol–water partition coefficient (Wildman–Crippen LogP) is 3.88. The van der Waals surface area contributed by atoms with Crippen LogP contribution >= 0.6 is 0 Å². The number of aliphatic hydroxyl groups excluding tert-OH is 1. The Hall–Kier alpha value is -2.37. The fraction of sp³-hybridized carbons (Fsp3) is 0.571. The molecule has 1 unspecified atom stereocenters. The van der Waals surface area contributed by atoms with Gasteiger partial charge in [0.05, 0.1) is 7.11 Å². The van der Waals surface area contributed by atoms with Crippen LogP contribution in [0.15, 0.2) is 36.4 Å². The topological polar surface area (TPSA) is 68.2 Å². The van der Waals surface area contributed by atoms with Gasteiger partial charge in [-0.1, -0.05) is 32.1 Å². The molecule has 6 heteroatoms. The molecule has 1 aliphatic carbocycles. The van der Waals surface area contributed by atoms with Crippen LogP contribution in [0.5, 0.6) is 11.5 Å². The summed E-state index contributed by atoms with van der Waals surface area (Å²) >= 11 is 0. The first kappa shape index (κ1) is 19.4. The summed E-state index contributed by atoms with van der Waals surface area (Å²) in [6.07, 6.45) is 7.57. The number of amides is 1. The molecule has 2 fully saturated rings. The minimum atomic E-state index is -0.747. The van der Waals surface area contributed by atoms with Crippen LogP contribution in [-0.4, -0.2) is 43.3 Å². The van der Waals surface area contributed by atoms with Crippen molar-refractivity contribution in [2.75, 3.05) is 27.4 Å². The smallest absolute Gasteiger partial charge is 0.242 e. The summed E-state index contributed by atoms with van der Waals surface area (Å²) in [4.78, 5) is 14.6. The number of carbonyl (C=O) groups is 1. The Kier molecular flexibility index (Phi) is 6.14. The molecular formula is C21H29NO5. The highest BCUT2D eigenvalue weighted by molar-refractivity contribution is 5.85. The average Bonchev–Trinajstić information content (AvgIpc) is 2.72. The molecule has 1 saturated carbocycles. The molecule has 1 atom stereocenters. The minimum Gasteiger partial charge on any atom is -0.510 e. The maximum atomic E-state index is 13.2. The maximum Gasteiger partial charge on any atom is 0.242 e. The highest BCUT2D eigenvalue weighted by atomic mass is 16.5. The van der Waals surface area contributed by atoms with E-state index in [0.717, 1.165) is 31.3 Å². The standard InChI is InChI=1S/C21H29NO5/c1-22-19(13-23)27-15-21(20(22)24,12-16-6-4-3-5-7-16)14-26-18-10-8-17(25-2)9-11-18/h8-11,13,16,23H,3-7,12,14-15H2,1-2H3/b19-13-. The zero-order valence-electron chi connectivity index (χ0n) is 16.1. The number of rotatable bonds is 6. The summed E-state index contributed by atoms with van der Waals surface area (Å²) in [6.45, 7) is 0.465. The third-order valence-electron chi connectivity index (χ3n) is 5.67. The summed E-state index contributed by atoms with van der Waals surface area (Å²) in [5, 5.41) is 9.30. The van der Waals surface area contributed by atoms with E-state index in [4.69, 9.17) is 14.2 Å². The van der Waals surface area contributed by atoms with Gasteiger partial charge in [0, 0.05) is 7.05 Å². The highest BCUT2D eigenvalue weighted by Gasteiger charge is 2.48. The van der Waals surface area contributed by atoms with Crippen molar-refractivity contribution in [3.63, 3.8) is 0 Å². The zero-order valence-corrected chi connectivity index (χ0v) is 16.1. The Bertz CT molecular complexity index is 666.